The van der Waals surface area contributed by atoms with Gasteiger partial charge in [-0.3, -0.25) is 0 Å². The van der Waals surface area contributed by atoms with E-state index in [0.717, 1.165) is 29.8 Å². The largest absolute Gasteiger partial charge is 0.573 e. The molecule has 4 rings (SSSR count). The summed E-state index contributed by atoms with van der Waals surface area (Å²) in [5, 5.41) is 9.35. The van der Waals surface area contributed by atoms with Gasteiger partial charge in [-0.2, -0.15) is 13.2 Å². The maximum Gasteiger partial charge on any atom is 0.573 e. The molecule has 3 aromatic carbocycles. The van der Waals surface area contributed by atoms with E-state index in [1.807, 2.05) is 6.92 Å². The zero-order chi connectivity index (χ0) is 27.7. The van der Waals surface area contributed by atoms with Crippen molar-refractivity contribution in [2.75, 3.05) is 0 Å². The van der Waals surface area contributed by atoms with E-state index in [-0.39, 0.29) is 13.2 Å². The van der Waals surface area contributed by atoms with Crippen LogP contribution in [0.4, 0.5) is 32.0 Å². The molecule has 0 amide bonds. The molecule has 4 aromatic rings. The zero-order valence-corrected chi connectivity index (χ0v) is 20.6. The van der Waals surface area contributed by atoms with Crippen LogP contribution in [-0.2, 0) is 32.3 Å². The van der Waals surface area contributed by atoms with Gasteiger partial charge >= 0.3 is 12.5 Å². The fourth-order valence-electron chi connectivity index (χ4n) is 4.33. The van der Waals surface area contributed by atoms with Gasteiger partial charge in [-0.15, -0.1) is 13.2 Å². The van der Waals surface area contributed by atoms with Gasteiger partial charge in [0.15, 0.2) is 0 Å². The van der Waals surface area contributed by atoms with Crippen LogP contribution in [0.3, 0.4) is 0 Å². The van der Waals surface area contributed by atoms with Crippen molar-refractivity contribution in [1.82, 2.24) is 9.13 Å². The van der Waals surface area contributed by atoms with E-state index >= 15 is 0 Å². The summed E-state index contributed by atoms with van der Waals surface area (Å²) in [6.45, 7) is 4.03. The minimum absolute atomic E-state index is 0.147. The predicted molar refractivity (Wildman–Crippen MR) is 130 cm³/mol. The summed E-state index contributed by atoms with van der Waals surface area (Å²) in [6.07, 6.45) is -9.05. The van der Waals surface area contributed by atoms with E-state index in [4.69, 9.17) is 0 Å². The number of hydrogen-bond donors (Lipinski definition) is 1. The lowest BCUT2D eigenvalue weighted by atomic mass is 10.1. The van der Waals surface area contributed by atoms with Crippen molar-refractivity contribution in [3.8, 4) is 5.75 Å². The number of benzene rings is 3. The van der Waals surface area contributed by atoms with E-state index in [1.165, 1.54) is 12.1 Å². The van der Waals surface area contributed by atoms with E-state index < -0.39 is 23.9 Å². The molecule has 0 unspecified atom stereocenters. The molecule has 0 bridgehead atoms. The Morgan fingerprint density at radius 2 is 1.47 bits per heavy atom. The Morgan fingerprint density at radius 1 is 0.842 bits per heavy atom. The van der Waals surface area contributed by atoms with Crippen LogP contribution in [0.2, 0.25) is 0 Å². The summed E-state index contributed by atoms with van der Waals surface area (Å²) >= 11 is 0. The van der Waals surface area contributed by atoms with Gasteiger partial charge < -0.3 is 19.0 Å². The van der Waals surface area contributed by atoms with Crippen molar-refractivity contribution in [3.63, 3.8) is 0 Å². The number of aromatic nitrogens is 2. The third kappa shape index (κ3) is 5.88. The molecular weight excluding hydrogens is 512 g/mol. The van der Waals surface area contributed by atoms with Crippen molar-refractivity contribution in [1.29, 1.82) is 0 Å². The minimum atomic E-state index is -4.84. The van der Waals surface area contributed by atoms with E-state index in [1.54, 1.807) is 40.3 Å². The third-order valence-electron chi connectivity index (χ3n) is 6.08. The molecule has 0 aliphatic heterocycles. The standard InChI is InChI=1S/C27H25F6N3O2/c1-3-19-13-20(26(28,29)30)14-23-24(19)35(4-2)25(36(23)15-17-5-7-18(16-37)8-6-17)34-21-9-11-22(12-10-21)38-27(31,32)33/h5-14,37H,3-4,15-16H2,1-2H3/b34-25-. The molecule has 0 spiro atoms. The second kappa shape index (κ2) is 10.6. The molecule has 11 heteroatoms. The highest BCUT2D eigenvalue weighted by Crippen LogP contribution is 2.34. The van der Waals surface area contributed by atoms with Crippen LogP contribution in [0, 0.1) is 0 Å². The average molecular weight is 538 g/mol. The molecule has 1 N–H and O–H groups in total. The number of rotatable bonds is 7. The second-order valence-electron chi connectivity index (χ2n) is 8.61. The van der Waals surface area contributed by atoms with Crippen molar-refractivity contribution >= 4 is 16.7 Å². The van der Waals surface area contributed by atoms with Gasteiger partial charge in [0, 0.05) is 6.54 Å². The number of aryl methyl sites for hydroxylation is 2. The Bertz CT molecular complexity index is 1480. The van der Waals surface area contributed by atoms with Gasteiger partial charge in [0.05, 0.1) is 35.4 Å². The Morgan fingerprint density at radius 3 is 2.00 bits per heavy atom. The molecule has 1 aromatic heterocycles. The summed E-state index contributed by atoms with van der Waals surface area (Å²) in [5.41, 5.74) is 2.75. The lowest BCUT2D eigenvalue weighted by molar-refractivity contribution is -0.274. The van der Waals surface area contributed by atoms with Crippen molar-refractivity contribution in [3.05, 3.63) is 88.5 Å². The van der Waals surface area contributed by atoms with Gasteiger partial charge in [0.25, 0.3) is 0 Å². The molecule has 0 aliphatic carbocycles. The lowest BCUT2D eigenvalue weighted by Crippen LogP contribution is -2.26. The van der Waals surface area contributed by atoms with Gasteiger partial charge in [0.2, 0.25) is 5.62 Å². The monoisotopic (exact) mass is 537 g/mol. The van der Waals surface area contributed by atoms with Crippen LogP contribution in [-0.4, -0.2) is 20.6 Å². The highest BCUT2D eigenvalue weighted by atomic mass is 19.4. The molecule has 0 saturated heterocycles. The fourth-order valence-corrected chi connectivity index (χ4v) is 4.33. The summed E-state index contributed by atoms with van der Waals surface area (Å²) < 4.78 is 86.5. The Balaban J connectivity index is 1.97. The average Bonchev–Trinajstić information content (AvgIpc) is 3.15. The molecule has 1 heterocycles. The normalized spacial score (nSPS) is 12.9. The van der Waals surface area contributed by atoms with Crippen LogP contribution in [0.25, 0.3) is 11.0 Å². The van der Waals surface area contributed by atoms with Crippen molar-refractivity contribution in [2.24, 2.45) is 4.99 Å². The van der Waals surface area contributed by atoms with E-state index in [9.17, 15) is 31.4 Å². The van der Waals surface area contributed by atoms with Crippen LogP contribution in [0.5, 0.6) is 5.75 Å². The Labute approximate surface area is 214 Å². The first kappa shape index (κ1) is 27.3. The summed E-state index contributed by atoms with van der Waals surface area (Å²) in [7, 11) is 0. The highest BCUT2D eigenvalue weighted by Gasteiger charge is 2.33. The molecule has 0 aliphatic rings. The third-order valence-corrected chi connectivity index (χ3v) is 6.08. The first-order chi connectivity index (χ1) is 17.9. The van der Waals surface area contributed by atoms with Gasteiger partial charge in [0.1, 0.15) is 5.75 Å². The summed E-state index contributed by atoms with van der Waals surface area (Å²) in [5.74, 6) is -0.410. The minimum Gasteiger partial charge on any atom is -0.406 e. The number of fused-ring (bicyclic) bond motifs is 1. The molecule has 0 fully saturated rings. The first-order valence-electron chi connectivity index (χ1n) is 11.9. The molecular formula is C27H25F6N3O2. The van der Waals surface area contributed by atoms with Crippen molar-refractivity contribution in [2.45, 2.75) is 52.5 Å². The van der Waals surface area contributed by atoms with Crippen LogP contribution < -0.4 is 10.4 Å². The molecule has 5 nitrogen and oxygen atoms in total. The number of imidazole rings is 1. The van der Waals surface area contributed by atoms with Gasteiger partial charge in [-0.25, -0.2) is 4.99 Å². The number of ether oxygens (including phenoxy) is 1. The van der Waals surface area contributed by atoms with Crippen LogP contribution >= 0.6 is 0 Å². The number of hydrogen-bond acceptors (Lipinski definition) is 3. The first-order valence-corrected chi connectivity index (χ1v) is 11.9. The molecule has 0 saturated carbocycles. The van der Waals surface area contributed by atoms with Gasteiger partial charge in [-0.1, -0.05) is 31.2 Å². The lowest BCUT2D eigenvalue weighted by Gasteiger charge is -2.12. The van der Waals surface area contributed by atoms with Gasteiger partial charge in [-0.05, 0) is 66.4 Å². The Kier molecular flexibility index (Phi) is 7.59. The smallest absolute Gasteiger partial charge is 0.406 e. The summed E-state index contributed by atoms with van der Waals surface area (Å²) in [4.78, 5) is 4.65. The number of halogens is 6. The number of alkyl halides is 6. The van der Waals surface area contributed by atoms with E-state index in [0.29, 0.717) is 46.4 Å². The molecule has 0 radical (unpaired) electrons. The number of nitrogens with zero attached hydrogens (tertiary/aromatic N) is 3. The molecule has 202 valence electrons. The SMILES string of the molecule is CCc1cc(C(F)(F)F)cc2c1n(CC)/c(=N/c1ccc(OC(F)(F)F)cc1)n2Cc1ccc(CO)cc1. The highest BCUT2D eigenvalue weighted by molar-refractivity contribution is 5.81. The zero-order valence-electron chi connectivity index (χ0n) is 20.6. The Hall–Kier alpha value is -3.73. The second-order valence-corrected chi connectivity index (χ2v) is 8.61. The number of aliphatic hydroxyl groups excluding tert-OH is 1. The van der Waals surface area contributed by atoms with E-state index in [2.05, 4.69) is 9.73 Å². The predicted octanol–water partition coefficient (Wildman–Crippen LogP) is 6.72. The quantitative estimate of drug-likeness (QED) is 0.266. The summed E-state index contributed by atoms with van der Waals surface area (Å²) in [6, 6.07) is 14.2. The maximum atomic E-state index is 13.8. The maximum absolute atomic E-state index is 13.8. The van der Waals surface area contributed by atoms with Crippen LogP contribution in [0.1, 0.15) is 36.1 Å². The molecule has 0 atom stereocenters. The van der Waals surface area contributed by atoms with Crippen molar-refractivity contribution < 1.29 is 36.2 Å². The number of aliphatic hydroxyl groups is 1. The molecule has 38 heavy (non-hydrogen) atoms. The fraction of sp³-hybridized carbons (Fsp3) is 0.296. The van der Waals surface area contributed by atoms with Crippen LogP contribution in [0.15, 0.2) is 65.7 Å². The topological polar surface area (TPSA) is 51.7 Å².